The third-order valence-corrected chi connectivity index (χ3v) is 5.80. The van der Waals surface area contributed by atoms with Crippen molar-refractivity contribution in [3.05, 3.63) is 34.2 Å². The van der Waals surface area contributed by atoms with Crippen LogP contribution in [0.2, 0.25) is 0 Å². The van der Waals surface area contributed by atoms with Gasteiger partial charge < -0.3 is 4.90 Å². The zero-order valence-corrected chi connectivity index (χ0v) is 16.2. The number of thioether (sulfide) groups is 1. The molecule has 0 saturated carbocycles. The van der Waals surface area contributed by atoms with Gasteiger partial charge in [0.2, 0.25) is 0 Å². The molecule has 2 heterocycles. The van der Waals surface area contributed by atoms with Gasteiger partial charge in [0.05, 0.1) is 4.91 Å². The molecule has 2 aliphatic heterocycles. The van der Waals surface area contributed by atoms with E-state index in [0.29, 0.717) is 13.1 Å². The fourth-order valence-electron chi connectivity index (χ4n) is 3.35. The zero-order valence-electron chi connectivity index (χ0n) is 15.4. The van der Waals surface area contributed by atoms with Crippen LogP contribution in [0.1, 0.15) is 44.2 Å². The summed E-state index contributed by atoms with van der Waals surface area (Å²) in [5.41, 5.74) is 3.63. The number of hydrogen-bond acceptors (Lipinski definition) is 4. The van der Waals surface area contributed by atoms with E-state index in [4.69, 9.17) is 0 Å². The molecule has 0 radical (unpaired) electrons. The van der Waals surface area contributed by atoms with Gasteiger partial charge in [0.25, 0.3) is 5.91 Å². The monoisotopic (exact) mass is 357 g/mol. The molecular weight excluding hydrogens is 330 g/mol. The quantitative estimate of drug-likeness (QED) is 0.754. The maximum absolute atomic E-state index is 12.6. The van der Waals surface area contributed by atoms with Gasteiger partial charge in [0, 0.05) is 31.9 Å². The zero-order chi connectivity index (χ0) is 17.8. The van der Waals surface area contributed by atoms with Gasteiger partial charge in [-0.15, -0.1) is 0 Å². The second-order valence-electron chi connectivity index (χ2n) is 6.51. The summed E-state index contributed by atoms with van der Waals surface area (Å²) in [4.78, 5) is 22.0. The Morgan fingerprint density at radius 3 is 2.60 bits per heavy atom. The van der Waals surface area contributed by atoms with E-state index in [9.17, 15) is 4.79 Å². The van der Waals surface area contributed by atoms with Crippen LogP contribution >= 0.6 is 11.8 Å². The van der Waals surface area contributed by atoms with E-state index in [-0.39, 0.29) is 5.91 Å². The van der Waals surface area contributed by atoms with E-state index < -0.39 is 0 Å². The van der Waals surface area contributed by atoms with Gasteiger partial charge in [-0.2, -0.15) is 0 Å². The standard InChI is InChI=1S/C20H27N3OS/c1-4-21-20-23(5-2)19(24)18(25-20)14-16-9-10-17(13-15(16)3)22-11-7-6-8-12-22/h9-10,13-14H,4-8,11-12H2,1-3H3/b18-14+,21-20?. The number of aryl methyl sites for hydroxylation is 1. The summed E-state index contributed by atoms with van der Waals surface area (Å²) >= 11 is 1.49. The van der Waals surface area contributed by atoms with Crippen LogP contribution in [0.5, 0.6) is 0 Å². The average molecular weight is 358 g/mol. The van der Waals surface area contributed by atoms with Gasteiger partial charge >= 0.3 is 0 Å². The van der Waals surface area contributed by atoms with E-state index in [2.05, 4.69) is 35.0 Å². The van der Waals surface area contributed by atoms with Crippen molar-refractivity contribution in [3.8, 4) is 0 Å². The molecule has 2 aliphatic rings. The second kappa shape index (κ2) is 8.09. The third-order valence-electron chi connectivity index (χ3n) is 4.76. The molecule has 0 bridgehead atoms. The first-order chi connectivity index (χ1) is 12.1. The molecule has 5 heteroatoms. The molecule has 0 spiro atoms. The number of piperidine rings is 1. The lowest BCUT2D eigenvalue weighted by atomic mass is 10.0. The molecule has 0 aromatic heterocycles. The average Bonchev–Trinajstić information content (AvgIpc) is 2.92. The number of amidine groups is 1. The summed E-state index contributed by atoms with van der Waals surface area (Å²) < 4.78 is 0. The Morgan fingerprint density at radius 1 is 1.20 bits per heavy atom. The Balaban J connectivity index is 1.83. The topological polar surface area (TPSA) is 35.9 Å². The van der Waals surface area contributed by atoms with Gasteiger partial charge in [0.1, 0.15) is 0 Å². The maximum Gasteiger partial charge on any atom is 0.266 e. The van der Waals surface area contributed by atoms with Crippen molar-refractivity contribution in [2.24, 2.45) is 4.99 Å². The molecule has 0 N–H and O–H groups in total. The second-order valence-corrected chi connectivity index (χ2v) is 7.51. The van der Waals surface area contributed by atoms with Crippen LogP contribution in [-0.4, -0.2) is 42.2 Å². The molecule has 0 aliphatic carbocycles. The van der Waals surface area contributed by atoms with Crippen LogP contribution in [-0.2, 0) is 4.79 Å². The summed E-state index contributed by atoms with van der Waals surface area (Å²) in [5, 5.41) is 0.823. The lowest BCUT2D eigenvalue weighted by Gasteiger charge is -2.29. The molecule has 2 saturated heterocycles. The number of benzene rings is 1. The number of rotatable bonds is 4. The van der Waals surface area contributed by atoms with E-state index in [1.165, 1.54) is 42.3 Å². The third kappa shape index (κ3) is 3.92. The minimum Gasteiger partial charge on any atom is -0.372 e. The maximum atomic E-state index is 12.6. The first-order valence-corrected chi connectivity index (χ1v) is 10.1. The molecule has 0 unspecified atom stereocenters. The predicted octanol–water partition coefficient (Wildman–Crippen LogP) is 4.30. The van der Waals surface area contributed by atoms with E-state index in [0.717, 1.165) is 28.7 Å². The Bertz CT molecular complexity index is 705. The number of carbonyl (C=O) groups excluding carboxylic acids is 1. The largest absolute Gasteiger partial charge is 0.372 e. The molecule has 3 rings (SSSR count). The Labute approximate surface area is 155 Å². The summed E-state index contributed by atoms with van der Waals surface area (Å²) in [7, 11) is 0. The van der Waals surface area contributed by atoms with Crippen molar-refractivity contribution in [3.63, 3.8) is 0 Å². The number of anilines is 1. The summed E-state index contributed by atoms with van der Waals surface area (Å²) in [6.45, 7) is 9.77. The van der Waals surface area contributed by atoms with Crippen molar-refractivity contribution in [1.82, 2.24) is 4.90 Å². The van der Waals surface area contributed by atoms with Crippen molar-refractivity contribution >= 4 is 34.6 Å². The molecule has 1 aromatic rings. The molecule has 2 fully saturated rings. The van der Waals surface area contributed by atoms with Gasteiger partial charge in [-0.3, -0.25) is 14.7 Å². The summed E-state index contributed by atoms with van der Waals surface area (Å²) in [6, 6.07) is 6.58. The first-order valence-electron chi connectivity index (χ1n) is 9.25. The molecular formula is C20H27N3OS. The van der Waals surface area contributed by atoms with Crippen LogP contribution in [0.3, 0.4) is 0 Å². The predicted molar refractivity (Wildman–Crippen MR) is 108 cm³/mol. The lowest BCUT2D eigenvalue weighted by Crippen LogP contribution is -2.29. The molecule has 4 nitrogen and oxygen atoms in total. The minimum atomic E-state index is 0.0687. The van der Waals surface area contributed by atoms with Crippen LogP contribution in [0.25, 0.3) is 6.08 Å². The molecule has 25 heavy (non-hydrogen) atoms. The van der Waals surface area contributed by atoms with Crippen LogP contribution in [0, 0.1) is 6.92 Å². The Hall–Kier alpha value is -1.75. The van der Waals surface area contributed by atoms with Gasteiger partial charge in [0.15, 0.2) is 5.17 Å². The van der Waals surface area contributed by atoms with Gasteiger partial charge in [-0.05, 0) is 81.1 Å². The van der Waals surface area contributed by atoms with Crippen molar-refractivity contribution in [1.29, 1.82) is 0 Å². The van der Waals surface area contributed by atoms with Crippen molar-refractivity contribution in [2.75, 3.05) is 31.1 Å². The van der Waals surface area contributed by atoms with Crippen LogP contribution in [0.15, 0.2) is 28.1 Å². The van der Waals surface area contributed by atoms with Crippen LogP contribution in [0.4, 0.5) is 5.69 Å². The Kier molecular flexibility index (Phi) is 5.84. The molecule has 134 valence electrons. The van der Waals surface area contributed by atoms with Gasteiger partial charge in [-0.1, -0.05) is 6.07 Å². The molecule has 1 aromatic carbocycles. The SMILES string of the molecule is CCN=C1S/C(=C/c2ccc(N3CCCCC3)cc2C)C(=O)N1CC. The summed E-state index contributed by atoms with van der Waals surface area (Å²) in [5.74, 6) is 0.0687. The fourth-order valence-corrected chi connectivity index (χ4v) is 4.45. The number of aliphatic imine (C=N–C) groups is 1. The highest BCUT2D eigenvalue weighted by molar-refractivity contribution is 8.18. The molecule has 1 amide bonds. The first kappa shape index (κ1) is 18.1. The smallest absolute Gasteiger partial charge is 0.266 e. The minimum absolute atomic E-state index is 0.0687. The molecule has 0 atom stereocenters. The number of hydrogen-bond donors (Lipinski definition) is 0. The number of carbonyl (C=O) groups is 1. The highest BCUT2D eigenvalue weighted by Crippen LogP contribution is 2.33. The van der Waals surface area contributed by atoms with Crippen molar-refractivity contribution < 1.29 is 4.79 Å². The normalized spacial score (nSPS) is 21.6. The fraction of sp³-hybridized carbons (Fsp3) is 0.500. The summed E-state index contributed by atoms with van der Waals surface area (Å²) in [6.07, 6.45) is 5.92. The van der Waals surface area contributed by atoms with Crippen LogP contribution < -0.4 is 4.90 Å². The number of nitrogens with zero attached hydrogens (tertiary/aromatic N) is 3. The van der Waals surface area contributed by atoms with Gasteiger partial charge in [-0.25, -0.2) is 0 Å². The van der Waals surface area contributed by atoms with Crippen molar-refractivity contribution in [2.45, 2.75) is 40.0 Å². The number of amides is 1. The highest BCUT2D eigenvalue weighted by atomic mass is 32.2. The Morgan fingerprint density at radius 2 is 1.96 bits per heavy atom. The van der Waals surface area contributed by atoms with E-state index in [1.54, 1.807) is 4.90 Å². The lowest BCUT2D eigenvalue weighted by molar-refractivity contribution is -0.122. The van der Waals surface area contributed by atoms with E-state index >= 15 is 0 Å². The number of likely N-dealkylation sites (N-methyl/N-ethyl adjacent to an activating group) is 1. The highest BCUT2D eigenvalue weighted by Gasteiger charge is 2.31. The van der Waals surface area contributed by atoms with E-state index in [1.807, 2.05) is 19.9 Å².